The fourth-order valence-electron chi connectivity index (χ4n) is 2.35. The molecule has 0 aliphatic rings. The zero-order valence-corrected chi connectivity index (χ0v) is 16.8. The quantitative estimate of drug-likeness (QED) is 0.538. The standard InChI is InChI=1S/C19H18ClN3OS2/c1-3-16(25-15-9-7-14(20)8-10-15)17(24)21-19-23-22-18(26-19)13-6-4-5-12(2)11-13/h4-11,16H,3H2,1-2H3,(H,21,23,24). The molecule has 2 aromatic carbocycles. The summed E-state index contributed by atoms with van der Waals surface area (Å²) in [4.78, 5) is 13.6. The summed E-state index contributed by atoms with van der Waals surface area (Å²) in [5.41, 5.74) is 2.17. The lowest BCUT2D eigenvalue weighted by Gasteiger charge is -2.13. The van der Waals surface area contributed by atoms with E-state index in [0.29, 0.717) is 16.6 Å². The number of thioether (sulfide) groups is 1. The van der Waals surface area contributed by atoms with Gasteiger partial charge in [0, 0.05) is 15.5 Å². The number of anilines is 1. The van der Waals surface area contributed by atoms with Crippen molar-refractivity contribution in [3.8, 4) is 10.6 Å². The summed E-state index contributed by atoms with van der Waals surface area (Å²) in [6.45, 7) is 4.03. The molecule has 1 N–H and O–H groups in total. The number of amides is 1. The van der Waals surface area contributed by atoms with E-state index in [0.717, 1.165) is 21.0 Å². The molecular weight excluding hydrogens is 386 g/mol. The van der Waals surface area contributed by atoms with Gasteiger partial charge < -0.3 is 0 Å². The summed E-state index contributed by atoms with van der Waals surface area (Å²) in [7, 11) is 0. The highest BCUT2D eigenvalue weighted by Gasteiger charge is 2.20. The molecule has 0 aliphatic heterocycles. The molecule has 0 bridgehead atoms. The molecule has 3 rings (SSSR count). The molecule has 3 aromatic rings. The van der Waals surface area contributed by atoms with Crippen LogP contribution in [0.1, 0.15) is 18.9 Å². The Morgan fingerprint density at radius 2 is 2.00 bits per heavy atom. The van der Waals surface area contributed by atoms with Gasteiger partial charge in [0.2, 0.25) is 11.0 Å². The van der Waals surface area contributed by atoms with E-state index in [-0.39, 0.29) is 11.2 Å². The summed E-state index contributed by atoms with van der Waals surface area (Å²) in [6, 6.07) is 15.6. The van der Waals surface area contributed by atoms with Crippen molar-refractivity contribution in [2.45, 2.75) is 30.4 Å². The van der Waals surface area contributed by atoms with Gasteiger partial charge in [0.05, 0.1) is 5.25 Å². The van der Waals surface area contributed by atoms with E-state index >= 15 is 0 Å². The molecule has 4 nitrogen and oxygen atoms in total. The summed E-state index contributed by atoms with van der Waals surface area (Å²) in [5, 5.41) is 13.0. The molecule has 0 fully saturated rings. The van der Waals surface area contributed by atoms with Crippen LogP contribution in [0.2, 0.25) is 5.02 Å². The van der Waals surface area contributed by atoms with E-state index in [1.165, 1.54) is 23.1 Å². The number of hydrogen-bond donors (Lipinski definition) is 1. The van der Waals surface area contributed by atoms with Gasteiger partial charge in [-0.3, -0.25) is 10.1 Å². The minimum Gasteiger partial charge on any atom is -0.300 e. The van der Waals surface area contributed by atoms with E-state index in [4.69, 9.17) is 11.6 Å². The van der Waals surface area contributed by atoms with Crippen molar-refractivity contribution < 1.29 is 4.79 Å². The van der Waals surface area contributed by atoms with Crippen molar-refractivity contribution in [1.82, 2.24) is 10.2 Å². The van der Waals surface area contributed by atoms with Crippen LogP contribution in [0.3, 0.4) is 0 Å². The molecule has 26 heavy (non-hydrogen) atoms. The normalized spacial score (nSPS) is 12.0. The van der Waals surface area contributed by atoms with Crippen molar-refractivity contribution in [1.29, 1.82) is 0 Å². The average Bonchev–Trinajstić information content (AvgIpc) is 3.09. The average molecular weight is 404 g/mol. The highest BCUT2D eigenvalue weighted by atomic mass is 35.5. The van der Waals surface area contributed by atoms with Crippen LogP contribution < -0.4 is 5.32 Å². The Morgan fingerprint density at radius 3 is 2.69 bits per heavy atom. The maximum absolute atomic E-state index is 12.6. The SMILES string of the molecule is CCC(Sc1ccc(Cl)cc1)C(=O)Nc1nnc(-c2cccc(C)c2)s1. The second-order valence-corrected chi connectivity index (χ2v) is 8.43. The summed E-state index contributed by atoms with van der Waals surface area (Å²) in [6.07, 6.45) is 0.711. The first-order chi connectivity index (χ1) is 12.5. The Morgan fingerprint density at radius 1 is 1.23 bits per heavy atom. The molecule has 0 saturated heterocycles. The van der Waals surface area contributed by atoms with Crippen LogP contribution in [0, 0.1) is 6.92 Å². The van der Waals surface area contributed by atoms with Crippen LogP contribution in [0.15, 0.2) is 53.4 Å². The minimum absolute atomic E-state index is 0.0700. The van der Waals surface area contributed by atoms with Crippen molar-refractivity contribution in [3.63, 3.8) is 0 Å². The predicted octanol–water partition coefficient (Wildman–Crippen LogP) is 5.68. The van der Waals surface area contributed by atoms with Crippen LogP contribution in [-0.2, 0) is 4.79 Å². The number of halogens is 1. The monoisotopic (exact) mass is 403 g/mol. The zero-order valence-electron chi connectivity index (χ0n) is 14.4. The highest BCUT2D eigenvalue weighted by Crippen LogP contribution is 2.30. The van der Waals surface area contributed by atoms with Gasteiger partial charge >= 0.3 is 0 Å². The molecule has 0 radical (unpaired) electrons. The smallest absolute Gasteiger partial charge is 0.239 e. The fraction of sp³-hybridized carbons (Fsp3) is 0.211. The van der Waals surface area contributed by atoms with Crippen LogP contribution in [0.25, 0.3) is 10.6 Å². The molecule has 134 valence electrons. The number of aryl methyl sites for hydroxylation is 1. The highest BCUT2D eigenvalue weighted by molar-refractivity contribution is 8.00. The van der Waals surface area contributed by atoms with E-state index in [2.05, 4.69) is 21.6 Å². The number of nitrogens with one attached hydrogen (secondary N) is 1. The molecule has 7 heteroatoms. The number of hydrogen-bond acceptors (Lipinski definition) is 5. The van der Waals surface area contributed by atoms with E-state index in [9.17, 15) is 4.79 Å². The van der Waals surface area contributed by atoms with Gasteiger partial charge in [-0.25, -0.2) is 0 Å². The number of carbonyl (C=O) groups is 1. The van der Waals surface area contributed by atoms with Gasteiger partial charge in [-0.2, -0.15) is 0 Å². The van der Waals surface area contributed by atoms with E-state index in [1.54, 1.807) is 0 Å². The third-order valence-corrected chi connectivity index (χ3v) is 6.19. The molecular formula is C19H18ClN3OS2. The third kappa shape index (κ3) is 4.84. The van der Waals surface area contributed by atoms with Gasteiger partial charge in [0.25, 0.3) is 0 Å². The van der Waals surface area contributed by atoms with Crippen molar-refractivity contribution in [3.05, 3.63) is 59.1 Å². The van der Waals surface area contributed by atoms with Crippen LogP contribution in [0.5, 0.6) is 0 Å². The van der Waals surface area contributed by atoms with Gasteiger partial charge in [-0.1, -0.05) is 53.6 Å². The van der Waals surface area contributed by atoms with Gasteiger partial charge in [0.15, 0.2) is 0 Å². The Kier molecular flexibility index (Phi) is 6.29. The Labute approximate surface area is 166 Å². The largest absolute Gasteiger partial charge is 0.300 e. The number of aromatic nitrogens is 2. The van der Waals surface area contributed by atoms with Crippen molar-refractivity contribution in [2.24, 2.45) is 0 Å². The van der Waals surface area contributed by atoms with E-state index < -0.39 is 0 Å². The number of rotatable bonds is 6. The Bertz CT molecular complexity index is 896. The molecule has 1 atom stereocenters. The van der Waals surface area contributed by atoms with Crippen molar-refractivity contribution >= 4 is 45.7 Å². The molecule has 0 aliphatic carbocycles. The first-order valence-corrected chi connectivity index (χ1v) is 10.3. The summed E-state index contributed by atoms with van der Waals surface area (Å²) >= 11 is 8.81. The molecule has 0 spiro atoms. The molecule has 1 amide bonds. The van der Waals surface area contributed by atoms with Gasteiger partial charge in [-0.15, -0.1) is 22.0 Å². The number of benzene rings is 2. The Balaban J connectivity index is 1.67. The van der Waals surface area contributed by atoms with Crippen LogP contribution >= 0.6 is 34.7 Å². The maximum Gasteiger partial charge on any atom is 0.239 e. The predicted molar refractivity (Wildman–Crippen MR) is 110 cm³/mol. The van der Waals surface area contributed by atoms with Crippen molar-refractivity contribution in [2.75, 3.05) is 5.32 Å². The van der Waals surface area contributed by atoms with Crippen LogP contribution in [-0.4, -0.2) is 21.4 Å². The lowest BCUT2D eigenvalue weighted by Crippen LogP contribution is -2.24. The molecule has 0 saturated carbocycles. The molecule has 1 aromatic heterocycles. The topological polar surface area (TPSA) is 54.9 Å². The molecule has 1 unspecified atom stereocenters. The van der Waals surface area contributed by atoms with Gasteiger partial charge in [0.1, 0.15) is 5.01 Å². The fourth-order valence-corrected chi connectivity index (χ4v) is 4.18. The van der Waals surface area contributed by atoms with Crippen LogP contribution in [0.4, 0.5) is 5.13 Å². The lowest BCUT2D eigenvalue weighted by molar-refractivity contribution is -0.115. The summed E-state index contributed by atoms with van der Waals surface area (Å²) < 4.78 is 0. The Hall–Kier alpha value is -1.89. The third-order valence-electron chi connectivity index (χ3n) is 3.68. The first kappa shape index (κ1) is 18.9. The minimum atomic E-state index is -0.206. The second-order valence-electron chi connectivity index (χ2n) is 5.74. The lowest BCUT2D eigenvalue weighted by atomic mass is 10.1. The summed E-state index contributed by atoms with van der Waals surface area (Å²) in [5.74, 6) is -0.0700. The first-order valence-electron chi connectivity index (χ1n) is 8.19. The molecule has 1 heterocycles. The van der Waals surface area contributed by atoms with Gasteiger partial charge in [-0.05, 0) is 43.7 Å². The zero-order chi connectivity index (χ0) is 18.5. The number of carbonyl (C=O) groups excluding carboxylic acids is 1. The van der Waals surface area contributed by atoms with E-state index in [1.807, 2.05) is 56.3 Å². The second kappa shape index (κ2) is 8.66. The number of nitrogens with zero attached hydrogens (tertiary/aromatic N) is 2. The maximum atomic E-state index is 12.6.